The molecular weight excluding hydrogens is 278 g/mol. The third-order valence-corrected chi connectivity index (χ3v) is 4.86. The summed E-state index contributed by atoms with van der Waals surface area (Å²) in [7, 11) is -3.48. The van der Waals surface area contributed by atoms with Crippen LogP contribution in [-0.4, -0.2) is 38.7 Å². The van der Waals surface area contributed by atoms with E-state index in [1.54, 1.807) is 6.07 Å². The van der Waals surface area contributed by atoms with Gasteiger partial charge in [0.05, 0.1) is 12.7 Å². The second-order valence-electron chi connectivity index (χ2n) is 4.99. The minimum Gasteiger partial charge on any atom is -0.377 e. The third kappa shape index (κ3) is 4.52. The van der Waals surface area contributed by atoms with Crippen molar-refractivity contribution in [3.63, 3.8) is 0 Å². The van der Waals surface area contributed by atoms with Gasteiger partial charge in [-0.25, -0.2) is 13.1 Å². The molecule has 0 radical (unpaired) electrons. The van der Waals surface area contributed by atoms with Crippen LogP contribution in [0.1, 0.15) is 25.7 Å². The third-order valence-electron chi connectivity index (χ3n) is 3.41. The van der Waals surface area contributed by atoms with Crippen molar-refractivity contribution >= 4 is 10.0 Å². The van der Waals surface area contributed by atoms with Crippen molar-refractivity contribution < 1.29 is 13.2 Å². The molecule has 0 amide bonds. The molecule has 1 saturated carbocycles. The highest BCUT2D eigenvalue weighted by molar-refractivity contribution is 7.89. The van der Waals surface area contributed by atoms with Crippen LogP contribution in [0.2, 0.25) is 0 Å². The highest BCUT2D eigenvalue weighted by atomic mass is 32.2. The first-order valence-corrected chi connectivity index (χ1v) is 8.33. The van der Waals surface area contributed by atoms with E-state index in [0.29, 0.717) is 12.6 Å². The van der Waals surface area contributed by atoms with Gasteiger partial charge in [-0.3, -0.25) is 4.98 Å². The number of ether oxygens (including phenoxy) is 1. The van der Waals surface area contributed by atoms with Crippen molar-refractivity contribution in [2.24, 2.45) is 5.73 Å². The van der Waals surface area contributed by atoms with Gasteiger partial charge in [-0.05, 0) is 37.8 Å². The Morgan fingerprint density at radius 3 is 2.75 bits per heavy atom. The summed E-state index contributed by atoms with van der Waals surface area (Å²) in [5.41, 5.74) is 5.82. The van der Waals surface area contributed by atoms with Gasteiger partial charge >= 0.3 is 0 Å². The zero-order chi connectivity index (χ0) is 14.4. The van der Waals surface area contributed by atoms with Crippen LogP contribution >= 0.6 is 0 Å². The molecule has 2 rings (SSSR count). The van der Waals surface area contributed by atoms with Gasteiger partial charge < -0.3 is 10.5 Å². The Kier molecular flexibility index (Phi) is 5.47. The number of pyridine rings is 1. The van der Waals surface area contributed by atoms with Gasteiger partial charge in [0, 0.05) is 25.0 Å². The first-order valence-electron chi connectivity index (χ1n) is 6.85. The number of nitrogens with one attached hydrogen (secondary N) is 1. The molecule has 0 aromatic carbocycles. The van der Waals surface area contributed by atoms with Crippen LogP contribution in [-0.2, 0) is 14.8 Å². The number of hydrogen-bond acceptors (Lipinski definition) is 5. The summed E-state index contributed by atoms with van der Waals surface area (Å²) in [5, 5.41) is 0. The maximum absolute atomic E-state index is 11.9. The lowest BCUT2D eigenvalue weighted by atomic mass is 9.94. The fourth-order valence-corrected chi connectivity index (χ4v) is 3.22. The lowest BCUT2D eigenvalue weighted by molar-refractivity contribution is 0.0287. The Labute approximate surface area is 119 Å². The zero-order valence-electron chi connectivity index (χ0n) is 11.4. The Hall–Kier alpha value is -1.02. The van der Waals surface area contributed by atoms with E-state index in [1.165, 1.54) is 18.5 Å². The predicted octanol–water partition coefficient (Wildman–Crippen LogP) is 0.646. The van der Waals surface area contributed by atoms with E-state index in [9.17, 15) is 8.42 Å². The molecule has 3 N–H and O–H groups in total. The summed E-state index contributed by atoms with van der Waals surface area (Å²) in [5.74, 6) is 0. The zero-order valence-corrected chi connectivity index (χ0v) is 12.2. The van der Waals surface area contributed by atoms with Crippen molar-refractivity contribution in [1.82, 2.24) is 9.71 Å². The normalized spacial score (nSPS) is 23.6. The molecule has 1 heterocycles. The van der Waals surface area contributed by atoms with Crippen molar-refractivity contribution in [3.8, 4) is 0 Å². The standard InChI is InChI=1S/C13H21N3O3S/c14-11-3-5-12(6-4-11)19-9-8-16-20(17,18)13-2-1-7-15-10-13/h1-2,7,10-12,16H,3-6,8-9,14H2. The number of nitrogens with zero attached hydrogens (tertiary/aromatic N) is 1. The molecule has 112 valence electrons. The average molecular weight is 299 g/mol. The molecular formula is C13H21N3O3S. The monoisotopic (exact) mass is 299 g/mol. The molecule has 0 saturated heterocycles. The van der Waals surface area contributed by atoms with Gasteiger partial charge in [0.25, 0.3) is 0 Å². The SMILES string of the molecule is NC1CCC(OCCNS(=O)(=O)c2cccnc2)CC1. The minimum absolute atomic E-state index is 0.170. The van der Waals surface area contributed by atoms with Crippen molar-refractivity contribution in [1.29, 1.82) is 0 Å². The van der Waals surface area contributed by atoms with E-state index < -0.39 is 10.0 Å². The molecule has 1 aromatic heterocycles. The van der Waals surface area contributed by atoms with E-state index in [-0.39, 0.29) is 17.5 Å². The Balaban J connectivity index is 1.71. The fraction of sp³-hybridized carbons (Fsp3) is 0.615. The van der Waals surface area contributed by atoms with Crippen LogP contribution in [0.4, 0.5) is 0 Å². The summed E-state index contributed by atoms with van der Waals surface area (Å²) in [6.45, 7) is 0.638. The largest absolute Gasteiger partial charge is 0.377 e. The average Bonchev–Trinajstić information content (AvgIpc) is 2.46. The molecule has 1 fully saturated rings. The first-order chi connectivity index (χ1) is 9.58. The van der Waals surface area contributed by atoms with E-state index in [1.807, 2.05) is 0 Å². The van der Waals surface area contributed by atoms with Crippen molar-refractivity contribution in [3.05, 3.63) is 24.5 Å². The molecule has 0 bridgehead atoms. The Bertz CT molecular complexity index is 499. The number of nitrogens with two attached hydrogens (primary N) is 1. The lowest BCUT2D eigenvalue weighted by Crippen LogP contribution is -2.33. The summed E-state index contributed by atoms with van der Waals surface area (Å²) < 4.78 is 32.0. The van der Waals surface area contributed by atoms with Gasteiger partial charge in [-0.1, -0.05) is 0 Å². The molecule has 6 nitrogen and oxygen atoms in total. The number of hydrogen-bond donors (Lipinski definition) is 2. The van der Waals surface area contributed by atoms with Crippen LogP contribution in [0.25, 0.3) is 0 Å². The number of sulfonamides is 1. The quantitative estimate of drug-likeness (QED) is 0.752. The predicted molar refractivity (Wildman–Crippen MR) is 75.6 cm³/mol. The summed E-state index contributed by atoms with van der Waals surface area (Å²) in [6.07, 6.45) is 6.94. The molecule has 0 unspecified atom stereocenters. The van der Waals surface area contributed by atoms with Crippen LogP contribution in [0, 0.1) is 0 Å². The maximum Gasteiger partial charge on any atom is 0.242 e. The van der Waals surface area contributed by atoms with E-state index in [0.717, 1.165) is 25.7 Å². The summed E-state index contributed by atoms with van der Waals surface area (Å²) >= 11 is 0. The Morgan fingerprint density at radius 2 is 2.10 bits per heavy atom. The summed E-state index contributed by atoms with van der Waals surface area (Å²) in [6, 6.07) is 3.40. The fourth-order valence-electron chi connectivity index (χ4n) is 2.25. The number of rotatable bonds is 6. The molecule has 7 heteroatoms. The van der Waals surface area contributed by atoms with Gasteiger partial charge in [0.15, 0.2) is 0 Å². The second kappa shape index (κ2) is 7.12. The molecule has 1 aliphatic carbocycles. The van der Waals surface area contributed by atoms with Crippen molar-refractivity contribution in [2.75, 3.05) is 13.2 Å². The number of aromatic nitrogens is 1. The highest BCUT2D eigenvalue weighted by Gasteiger charge is 2.19. The van der Waals surface area contributed by atoms with E-state index in [2.05, 4.69) is 9.71 Å². The Morgan fingerprint density at radius 1 is 1.35 bits per heavy atom. The molecule has 0 spiro atoms. The van der Waals surface area contributed by atoms with E-state index >= 15 is 0 Å². The van der Waals surface area contributed by atoms with E-state index in [4.69, 9.17) is 10.5 Å². The van der Waals surface area contributed by atoms with Gasteiger partial charge in [0.2, 0.25) is 10.0 Å². The maximum atomic E-state index is 11.9. The molecule has 1 aromatic rings. The topological polar surface area (TPSA) is 94.3 Å². The highest BCUT2D eigenvalue weighted by Crippen LogP contribution is 2.19. The molecule has 1 aliphatic rings. The summed E-state index contributed by atoms with van der Waals surface area (Å²) in [4.78, 5) is 3.97. The van der Waals surface area contributed by atoms with Crippen LogP contribution in [0.3, 0.4) is 0 Å². The van der Waals surface area contributed by atoms with Crippen LogP contribution in [0.15, 0.2) is 29.4 Å². The van der Waals surface area contributed by atoms with Gasteiger partial charge in [-0.2, -0.15) is 0 Å². The van der Waals surface area contributed by atoms with Gasteiger partial charge in [-0.15, -0.1) is 0 Å². The lowest BCUT2D eigenvalue weighted by Gasteiger charge is -2.26. The minimum atomic E-state index is -3.48. The van der Waals surface area contributed by atoms with Crippen molar-refractivity contribution in [2.45, 2.75) is 42.7 Å². The first kappa shape index (κ1) is 15.4. The smallest absolute Gasteiger partial charge is 0.242 e. The second-order valence-corrected chi connectivity index (χ2v) is 6.76. The van der Waals surface area contributed by atoms with Gasteiger partial charge in [0.1, 0.15) is 4.90 Å². The van der Waals surface area contributed by atoms with Crippen LogP contribution < -0.4 is 10.5 Å². The van der Waals surface area contributed by atoms with Crippen LogP contribution in [0.5, 0.6) is 0 Å². The molecule has 0 aliphatic heterocycles. The molecule has 20 heavy (non-hydrogen) atoms. The molecule has 0 atom stereocenters.